The van der Waals surface area contributed by atoms with Gasteiger partial charge in [0.1, 0.15) is 0 Å². The van der Waals surface area contributed by atoms with Gasteiger partial charge in [-0.3, -0.25) is 0 Å². The molecular formula is C7H14O4. The highest BCUT2D eigenvalue weighted by Gasteiger charge is 2.31. The lowest BCUT2D eigenvalue weighted by Gasteiger charge is -2.15. The van der Waals surface area contributed by atoms with E-state index in [1.807, 2.05) is 6.92 Å². The molecule has 0 aliphatic heterocycles. The van der Waals surface area contributed by atoms with Gasteiger partial charge < -0.3 is 15.3 Å². The predicted molar refractivity (Wildman–Crippen MR) is 38.9 cm³/mol. The van der Waals surface area contributed by atoms with Crippen LogP contribution in [0, 0.1) is 0 Å². The zero-order chi connectivity index (χ0) is 8.91. The van der Waals surface area contributed by atoms with Gasteiger partial charge in [-0.25, -0.2) is 4.79 Å². The number of aliphatic hydroxyl groups is 2. The van der Waals surface area contributed by atoms with Crippen LogP contribution >= 0.6 is 0 Å². The monoisotopic (exact) mass is 162 g/mol. The molecule has 0 aromatic carbocycles. The molecule has 0 fully saturated rings. The normalized spacial score (nSPS) is 11.5. The first kappa shape index (κ1) is 10.4. The van der Waals surface area contributed by atoms with Gasteiger partial charge in [0.25, 0.3) is 5.79 Å². The summed E-state index contributed by atoms with van der Waals surface area (Å²) in [5.74, 6) is -4.11. The van der Waals surface area contributed by atoms with Crippen molar-refractivity contribution in [1.82, 2.24) is 0 Å². The molecular weight excluding hydrogens is 148 g/mol. The molecule has 0 atom stereocenters. The van der Waals surface area contributed by atoms with Gasteiger partial charge in [0.15, 0.2) is 0 Å². The van der Waals surface area contributed by atoms with Crippen LogP contribution in [0.2, 0.25) is 0 Å². The number of carboxylic acids is 1. The fraction of sp³-hybridized carbons (Fsp3) is 0.857. The van der Waals surface area contributed by atoms with Crippen molar-refractivity contribution in [2.45, 2.75) is 38.4 Å². The van der Waals surface area contributed by atoms with Gasteiger partial charge in [0.05, 0.1) is 0 Å². The Kier molecular flexibility index (Phi) is 4.07. The van der Waals surface area contributed by atoms with Gasteiger partial charge in [0.2, 0.25) is 0 Å². The zero-order valence-electron chi connectivity index (χ0n) is 6.58. The Labute approximate surface area is 65.5 Å². The average molecular weight is 162 g/mol. The Morgan fingerprint density at radius 1 is 1.36 bits per heavy atom. The molecule has 0 aromatic heterocycles. The topological polar surface area (TPSA) is 77.8 Å². The number of unbranched alkanes of at least 4 members (excludes halogenated alkanes) is 2. The van der Waals surface area contributed by atoms with E-state index in [0.717, 1.165) is 12.8 Å². The van der Waals surface area contributed by atoms with Crippen LogP contribution in [-0.4, -0.2) is 27.1 Å². The first-order chi connectivity index (χ1) is 5.00. The molecule has 4 heteroatoms. The lowest BCUT2D eigenvalue weighted by molar-refractivity contribution is -0.205. The molecule has 0 unspecified atom stereocenters. The minimum absolute atomic E-state index is 0.101. The molecule has 0 rings (SSSR count). The molecule has 0 heterocycles. The number of rotatable bonds is 5. The van der Waals surface area contributed by atoms with Crippen molar-refractivity contribution < 1.29 is 20.1 Å². The maximum atomic E-state index is 10.1. The number of aliphatic carboxylic acids is 1. The Morgan fingerprint density at radius 2 is 1.91 bits per heavy atom. The Morgan fingerprint density at radius 3 is 2.27 bits per heavy atom. The molecule has 0 spiro atoms. The number of carbonyl (C=O) groups is 1. The van der Waals surface area contributed by atoms with E-state index in [-0.39, 0.29) is 6.42 Å². The fourth-order valence-electron chi connectivity index (χ4n) is 0.728. The summed E-state index contributed by atoms with van der Waals surface area (Å²) in [6.45, 7) is 1.96. The van der Waals surface area contributed by atoms with Gasteiger partial charge >= 0.3 is 5.97 Å². The fourth-order valence-corrected chi connectivity index (χ4v) is 0.728. The van der Waals surface area contributed by atoms with E-state index in [0.29, 0.717) is 6.42 Å². The molecule has 0 radical (unpaired) electrons. The van der Waals surface area contributed by atoms with Gasteiger partial charge in [-0.1, -0.05) is 19.8 Å². The summed E-state index contributed by atoms with van der Waals surface area (Å²) >= 11 is 0. The molecule has 0 aliphatic rings. The highest BCUT2D eigenvalue weighted by molar-refractivity contribution is 5.74. The molecule has 66 valence electrons. The Hall–Kier alpha value is -0.610. The summed E-state index contributed by atoms with van der Waals surface area (Å²) < 4.78 is 0. The van der Waals surface area contributed by atoms with Crippen molar-refractivity contribution in [2.75, 3.05) is 0 Å². The first-order valence-electron chi connectivity index (χ1n) is 3.69. The standard InChI is InChI=1S/C7H14O4/c1-2-3-4-5-7(10,11)6(8)9/h10-11H,2-5H2,1H3,(H,8,9). The molecule has 0 aromatic rings. The van der Waals surface area contributed by atoms with E-state index >= 15 is 0 Å². The quantitative estimate of drug-likeness (QED) is 0.402. The second kappa shape index (κ2) is 4.31. The second-order valence-corrected chi connectivity index (χ2v) is 2.58. The molecule has 0 saturated heterocycles. The summed E-state index contributed by atoms with van der Waals surface area (Å²) in [7, 11) is 0. The Bertz CT molecular complexity index is 130. The SMILES string of the molecule is CCCCCC(O)(O)C(=O)O. The third-order valence-corrected chi connectivity index (χ3v) is 1.47. The third kappa shape index (κ3) is 3.95. The maximum Gasteiger partial charge on any atom is 0.364 e. The summed E-state index contributed by atoms with van der Waals surface area (Å²) in [5, 5.41) is 25.8. The first-order valence-corrected chi connectivity index (χ1v) is 3.69. The van der Waals surface area contributed by atoms with Crippen molar-refractivity contribution >= 4 is 5.97 Å². The average Bonchev–Trinajstić information content (AvgIpc) is 1.88. The zero-order valence-corrected chi connectivity index (χ0v) is 6.58. The van der Waals surface area contributed by atoms with Crippen molar-refractivity contribution in [3.8, 4) is 0 Å². The van der Waals surface area contributed by atoms with Crippen LogP contribution in [0.25, 0.3) is 0 Å². The lowest BCUT2D eigenvalue weighted by atomic mass is 10.1. The van der Waals surface area contributed by atoms with Crippen molar-refractivity contribution in [1.29, 1.82) is 0 Å². The van der Waals surface area contributed by atoms with Crippen molar-refractivity contribution in [3.05, 3.63) is 0 Å². The third-order valence-electron chi connectivity index (χ3n) is 1.47. The van der Waals surface area contributed by atoms with Crippen LogP contribution in [0.1, 0.15) is 32.6 Å². The smallest absolute Gasteiger partial charge is 0.364 e. The maximum absolute atomic E-state index is 10.1. The largest absolute Gasteiger partial charge is 0.477 e. The van der Waals surface area contributed by atoms with Crippen molar-refractivity contribution in [3.63, 3.8) is 0 Å². The highest BCUT2D eigenvalue weighted by Crippen LogP contribution is 2.11. The van der Waals surface area contributed by atoms with E-state index in [9.17, 15) is 4.79 Å². The van der Waals surface area contributed by atoms with Crippen LogP contribution in [0.15, 0.2) is 0 Å². The summed E-state index contributed by atoms with van der Waals surface area (Å²) in [4.78, 5) is 10.1. The molecule has 0 aliphatic carbocycles. The minimum Gasteiger partial charge on any atom is -0.477 e. The van der Waals surface area contributed by atoms with E-state index in [1.165, 1.54) is 0 Å². The van der Waals surface area contributed by atoms with Crippen LogP contribution in [0.4, 0.5) is 0 Å². The minimum atomic E-state index is -2.53. The number of hydrogen-bond donors (Lipinski definition) is 3. The second-order valence-electron chi connectivity index (χ2n) is 2.58. The molecule has 4 nitrogen and oxygen atoms in total. The summed E-state index contributed by atoms with van der Waals surface area (Å²) in [6, 6.07) is 0. The number of hydrogen-bond acceptors (Lipinski definition) is 3. The Balaban J connectivity index is 3.64. The molecule has 3 N–H and O–H groups in total. The predicted octanol–water partition coefficient (Wildman–Crippen LogP) is 0.332. The summed E-state index contributed by atoms with van der Waals surface area (Å²) in [6.07, 6.45) is 2.16. The van der Waals surface area contributed by atoms with Crippen LogP contribution in [-0.2, 0) is 4.79 Å². The number of carboxylic acid groups (broad SMARTS) is 1. The lowest BCUT2D eigenvalue weighted by Crippen LogP contribution is -2.37. The molecule has 0 bridgehead atoms. The van der Waals surface area contributed by atoms with E-state index < -0.39 is 11.8 Å². The molecule has 0 amide bonds. The highest BCUT2D eigenvalue weighted by atomic mass is 16.5. The van der Waals surface area contributed by atoms with Gasteiger partial charge in [0, 0.05) is 6.42 Å². The van der Waals surface area contributed by atoms with Gasteiger partial charge in [-0.2, -0.15) is 0 Å². The van der Waals surface area contributed by atoms with Crippen LogP contribution < -0.4 is 0 Å². The molecule has 0 saturated carbocycles. The van der Waals surface area contributed by atoms with Crippen LogP contribution in [0.5, 0.6) is 0 Å². The molecule has 11 heavy (non-hydrogen) atoms. The van der Waals surface area contributed by atoms with Gasteiger partial charge in [-0.15, -0.1) is 0 Å². The van der Waals surface area contributed by atoms with Crippen molar-refractivity contribution in [2.24, 2.45) is 0 Å². The van der Waals surface area contributed by atoms with Gasteiger partial charge in [-0.05, 0) is 6.42 Å². The van der Waals surface area contributed by atoms with E-state index in [1.54, 1.807) is 0 Å². The van der Waals surface area contributed by atoms with E-state index in [2.05, 4.69) is 0 Å². The summed E-state index contributed by atoms with van der Waals surface area (Å²) in [5.41, 5.74) is 0. The van der Waals surface area contributed by atoms with E-state index in [4.69, 9.17) is 15.3 Å². The van der Waals surface area contributed by atoms with Crippen LogP contribution in [0.3, 0.4) is 0 Å².